The van der Waals surface area contributed by atoms with Gasteiger partial charge >= 0.3 is 0 Å². The van der Waals surface area contributed by atoms with Gasteiger partial charge in [-0.2, -0.15) is 0 Å². The van der Waals surface area contributed by atoms with E-state index in [-0.39, 0.29) is 0 Å². The fourth-order valence-corrected chi connectivity index (χ4v) is 2.30. The van der Waals surface area contributed by atoms with Crippen molar-refractivity contribution < 1.29 is 0 Å². The van der Waals surface area contributed by atoms with Crippen molar-refractivity contribution >= 4 is 40.0 Å². The van der Waals surface area contributed by atoms with E-state index in [1.165, 1.54) is 0 Å². The third-order valence-electron chi connectivity index (χ3n) is 3.01. The highest BCUT2D eigenvalue weighted by atomic mass is 32.1. The van der Waals surface area contributed by atoms with Gasteiger partial charge in [-0.3, -0.25) is 4.99 Å². The fourth-order valence-electron chi connectivity index (χ4n) is 2.05. The van der Waals surface area contributed by atoms with E-state index in [1.54, 1.807) is 0 Å². The maximum absolute atomic E-state index is 5.71. The van der Waals surface area contributed by atoms with Crippen LogP contribution < -0.4 is 11.1 Å². The number of nitrogens with one attached hydrogen (secondary N) is 1. The van der Waals surface area contributed by atoms with Gasteiger partial charge < -0.3 is 11.1 Å². The normalized spacial score (nSPS) is 14.1. The van der Waals surface area contributed by atoms with Crippen LogP contribution in [0.15, 0.2) is 53.5 Å². The molecular formula is C15H13N3S. The van der Waals surface area contributed by atoms with Crippen LogP contribution in [0.2, 0.25) is 0 Å². The average molecular weight is 267 g/mol. The van der Waals surface area contributed by atoms with E-state index in [1.807, 2.05) is 48.5 Å². The number of thiocarbonyl (C=S) groups is 1. The number of hydrogen-bond acceptors (Lipinski definition) is 3. The highest BCUT2D eigenvalue weighted by molar-refractivity contribution is 7.80. The molecule has 0 spiro atoms. The number of anilines is 2. The predicted molar refractivity (Wildman–Crippen MR) is 84.3 cm³/mol. The van der Waals surface area contributed by atoms with Gasteiger partial charge in [-0.1, -0.05) is 36.5 Å². The monoisotopic (exact) mass is 267 g/mol. The summed E-state index contributed by atoms with van der Waals surface area (Å²) in [6.45, 7) is 0. The number of fused-ring (bicyclic) bond motifs is 1. The smallest absolute Gasteiger partial charge is 0.0868 e. The summed E-state index contributed by atoms with van der Waals surface area (Å²) in [5.74, 6) is 0. The van der Waals surface area contributed by atoms with E-state index in [2.05, 4.69) is 5.32 Å². The average Bonchev–Trinajstić information content (AvgIpc) is 2.57. The van der Waals surface area contributed by atoms with Crippen LogP contribution in [0.3, 0.4) is 0 Å². The van der Waals surface area contributed by atoms with Crippen molar-refractivity contribution in [1.82, 2.24) is 0 Å². The van der Waals surface area contributed by atoms with Gasteiger partial charge in [-0.05, 0) is 29.8 Å². The number of benzene rings is 2. The highest BCUT2D eigenvalue weighted by Crippen LogP contribution is 2.28. The minimum atomic E-state index is 0.633. The minimum Gasteiger partial charge on any atom is -0.399 e. The molecule has 0 amide bonds. The Morgan fingerprint density at radius 1 is 1.05 bits per heavy atom. The van der Waals surface area contributed by atoms with Gasteiger partial charge in [0.05, 0.1) is 22.1 Å². The summed E-state index contributed by atoms with van der Waals surface area (Å²) in [7, 11) is 0. The molecule has 0 saturated heterocycles. The van der Waals surface area contributed by atoms with E-state index < -0.39 is 0 Å². The van der Waals surface area contributed by atoms with Crippen LogP contribution in [0.5, 0.6) is 0 Å². The number of nitrogens with zero attached hydrogens (tertiary/aromatic N) is 1. The largest absolute Gasteiger partial charge is 0.399 e. The van der Waals surface area contributed by atoms with Crippen molar-refractivity contribution in [3.8, 4) is 0 Å². The van der Waals surface area contributed by atoms with Crippen LogP contribution in [0.1, 0.15) is 12.0 Å². The van der Waals surface area contributed by atoms with Gasteiger partial charge in [0.15, 0.2) is 0 Å². The minimum absolute atomic E-state index is 0.633. The first-order chi connectivity index (χ1) is 9.22. The van der Waals surface area contributed by atoms with Crippen LogP contribution in [-0.4, -0.2) is 10.7 Å². The Kier molecular flexibility index (Phi) is 3.01. The summed E-state index contributed by atoms with van der Waals surface area (Å²) >= 11 is 5.35. The second kappa shape index (κ2) is 4.82. The zero-order chi connectivity index (χ0) is 13.2. The lowest BCUT2D eigenvalue weighted by Gasteiger charge is -2.05. The quantitative estimate of drug-likeness (QED) is 0.614. The lowest BCUT2D eigenvalue weighted by molar-refractivity contribution is 1.46. The summed E-state index contributed by atoms with van der Waals surface area (Å²) in [5, 5.41) is 3.23. The Hall–Kier alpha value is -2.20. The van der Waals surface area contributed by atoms with Crippen LogP contribution in [0, 0.1) is 0 Å². The zero-order valence-electron chi connectivity index (χ0n) is 10.3. The van der Waals surface area contributed by atoms with Crippen molar-refractivity contribution in [2.45, 2.75) is 6.42 Å². The molecule has 0 aromatic heterocycles. The summed E-state index contributed by atoms with van der Waals surface area (Å²) < 4.78 is 0. The lowest BCUT2D eigenvalue weighted by atomic mass is 10.1. The number of para-hydroxylation sites is 2. The number of nitrogen functional groups attached to an aromatic ring is 1. The number of aliphatic imine (C=N–C) groups is 1. The van der Waals surface area contributed by atoms with Crippen molar-refractivity contribution in [2.24, 2.45) is 4.99 Å². The van der Waals surface area contributed by atoms with Gasteiger partial charge in [0, 0.05) is 12.1 Å². The molecule has 0 bridgehead atoms. The van der Waals surface area contributed by atoms with Crippen LogP contribution in [0.25, 0.3) is 0 Å². The molecule has 0 radical (unpaired) electrons. The van der Waals surface area contributed by atoms with E-state index in [4.69, 9.17) is 22.9 Å². The second-order valence-corrected chi connectivity index (χ2v) is 4.92. The van der Waals surface area contributed by atoms with Crippen LogP contribution in [-0.2, 0) is 0 Å². The molecule has 0 fully saturated rings. The Balaban J connectivity index is 2.08. The molecule has 1 aliphatic rings. The summed E-state index contributed by atoms with van der Waals surface area (Å²) in [6.07, 6.45) is 0.633. The molecule has 0 atom stereocenters. The summed E-state index contributed by atoms with van der Waals surface area (Å²) in [4.78, 5) is 5.49. The fraction of sp³-hybridized carbons (Fsp3) is 0.0667. The third kappa shape index (κ3) is 2.48. The Bertz CT molecular complexity index is 659. The van der Waals surface area contributed by atoms with Crippen molar-refractivity contribution in [3.05, 3.63) is 54.1 Å². The van der Waals surface area contributed by atoms with E-state index in [0.717, 1.165) is 33.3 Å². The maximum atomic E-state index is 5.71. The van der Waals surface area contributed by atoms with Gasteiger partial charge in [0.2, 0.25) is 0 Å². The van der Waals surface area contributed by atoms with E-state index in [0.29, 0.717) is 6.42 Å². The van der Waals surface area contributed by atoms with Gasteiger partial charge in [-0.15, -0.1) is 0 Å². The molecule has 3 rings (SSSR count). The molecule has 1 heterocycles. The first-order valence-corrected chi connectivity index (χ1v) is 6.45. The number of rotatable bonds is 1. The van der Waals surface area contributed by atoms with Crippen LogP contribution >= 0.6 is 12.2 Å². The molecule has 3 N–H and O–H groups in total. The van der Waals surface area contributed by atoms with Gasteiger partial charge in [-0.25, -0.2) is 0 Å². The summed E-state index contributed by atoms with van der Waals surface area (Å²) in [5.41, 5.74) is 10.3. The molecule has 4 heteroatoms. The SMILES string of the molecule is Nc1ccc(C2=Nc3ccccc3NC(=S)C2)cc1. The standard InChI is InChI=1S/C15H13N3S/c16-11-7-5-10(6-8-11)14-9-15(19)18-13-4-2-1-3-12(13)17-14/h1-8H,9,16H2,(H,18,19). The van der Waals surface area contributed by atoms with Crippen LogP contribution in [0.4, 0.5) is 17.1 Å². The maximum Gasteiger partial charge on any atom is 0.0868 e. The second-order valence-electron chi connectivity index (χ2n) is 4.42. The van der Waals surface area contributed by atoms with Crippen molar-refractivity contribution in [2.75, 3.05) is 11.1 Å². The molecule has 94 valence electrons. The van der Waals surface area contributed by atoms with E-state index >= 15 is 0 Å². The van der Waals surface area contributed by atoms with E-state index in [9.17, 15) is 0 Å². The predicted octanol–water partition coefficient (Wildman–Crippen LogP) is 3.53. The highest BCUT2D eigenvalue weighted by Gasteiger charge is 2.14. The molecule has 0 aliphatic carbocycles. The Labute approximate surface area is 117 Å². The van der Waals surface area contributed by atoms with Gasteiger partial charge in [0.25, 0.3) is 0 Å². The molecule has 19 heavy (non-hydrogen) atoms. The Morgan fingerprint density at radius 2 is 1.79 bits per heavy atom. The van der Waals surface area contributed by atoms with Crippen molar-refractivity contribution in [3.63, 3.8) is 0 Å². The molecule has 1 aliphatic heterocycles. The van der Waals surface area contributed by atoms with Crippen molar-refractivity contribution in [1.29, 1.82) is 0 Å². The topological polar surface area (TPSA) is 50.4 Å². The lowest BCUT2D eigenvalue weighted by Crippen LogP contribution is -2.12. The molecule has 2 aromatic rings. The first-order valence-electron chi connectivity index (χ1n) is 6.05. The zero-order valence-corrected chi connectivity index (χ0v) is 11.1. The summed E-state index contributed by atoms with van der Waals surface area (Å²) in [6, 6.07) is 15.6. The first kappa shape index (κ1) is 11.9. The molecule has 3 nitrogen and oxygen atoms in total. The molecule has 0 unspecified atom stereocenters. The molecular weight excluding hydrogens is 254 g/mol. The Morgan fingerprint density at radius 3 is 2.58 bits per heavy atom. The van der Waals surface area contributed by atoms with Gasteiger partial charge in [0.1, 0.15) is 0 Å². The molecule has 2 aromatic carbocycles. The number of nitrogens with two attached hydrogens (primary N) is 1. The third-order valence-corrected chi connectivity index (χ3v) is 3.25. The number of hydrogen-bond donors (Lipinski definition) is 2. The molecule has 0 saturated carbocycles.